The van der Waals surface area contributed by atoms with E-state index in [2.05, 4.69) is 17.4 Å². The Morgan fingerprint density at radius 2 is 1.63 bits per heavy atom. The van der Waals surface area contributed by atoms with Crippen LogP contribution < -0.4 is 10.1 Å². The lowest BCUT2D eigenvalue weighted by Gasteiger charge is -2.38. The molecule has 4 aromatic carbocycles. The molecule has 0 saturated carbocycles. The summed E-state index contributed by atoms with van der Waals surface area (Å²) < 4.78 is 5.55. The summed E-state index contributed by atoms with van der Waals surface area (Å²) in [6.45, 7) is 0. The normalized spacial score (nSPS) is 19.6. The molecule has 2 aliphatic rings. The van der Waals surface area contributed by atoms with Crippen LogP contribution >= 0.6 is 0 Å². The minimum atomic E-state index is -0.393. The number of hydrogen-bond donors (Lipinski definition) is 1. The van der Waals surface area contributed by atoms with Crippen LogP contribution in [0.15, 0.2) is 97.1 Å². The summed E-state index contributed by atoms with van der Waals surface area (Å²) in [7, 11) is 0. The summed E-state index contributed by atoms with van der Waals surface area (Å²) in [5.41, 5.74) is 6.09. The highest BCUT2D eigenvalue weighted by Gasteiger charge is 2.43. The molecular formula is C29H22N2O4. The van der Waals surface area contributed by atoms with Crippen molar-refractivity contribution in [2.24, 2.45) is 5.92 Å². The molecule has 172 valence electrons. The van der Waals surface area contributed by atoms with Gasteiger partial charge in [-0.1, -0.05) is 54.6 Å². The Morgan fingerprint density at radius 1 is 0.886 bits per heavy atom. The Bertz CT molecular complexity index is 1430. The third kappa shape index (κ3) is 3.73. The fraction of sp³-hybridized carbons (Fsp3) is 0.138. The number of ether oxygens (including phenoxy) is 1. The fourth-order valence-electron chi connectivity index (χ4n) is 5.48. The minimum absolute atomic E-state index is 0.0141. The molecule has 0 aromatic heterocycles. The van der Waals surface area contributed by atoms with Crippen molar-refractivity contribution in [2.45, 2.75) is 18.4 Å². The van der Waals surface area contributed by atoms with E-state index in [-0.39, 0.29) is 28.5 Å². The predicted molar refractivity (Wildman–Crippen MR) is 133 cm³/mol. The molecule has 1 aliphatic carbocycles. The van der Waals surface area contributed by atoms with E-state index >= 15 is 0 Å². The molecule has 1 heterocycles. The van der Waals surface area contributed by atoms with Crippen LogP contribution in [0.4, 0.5) is 11.4 Å². The second-order valence-corrected chi connectivity index (χ2v) is 9.02. The van der Waals surface area contributed by atoms with Gasteiger partial charge in [0, 0.05) is 23.7 Å². The van der Waals surface area contributed by atoms with E-state index in [9.17, 15) is 14.9 Å². The summed E-state index contributed by atoms with van der Waals surface area (Å²) in [4.78, 5) is 23.5. The largest absolute Gasteiger partial charge is 0.423 e. The van der Waals surface area contributed by atoms with Gasteiger partial charge >= 0.3 is 5.97 Å². The highest BCUT2D eigenvalue weighted by Crippen LogP contribution is 2.54. The standard InChI is InChI=1S/C29H22N2O4/c32-29(19-6-2-1-3-7-19)35-22-13-10-18(11-14-22)28-25-16-20-8-4-5-9-23(20)27(25)24-17-21(31(33)34)12-15-26(24)30-28/h1-15,17,25,27-28,30H,16H2/t25-,27-,28-/m0/s1. The van der Waals surface area contributed by atoms with E-state index in [4.69, 9.17) is 4.74 Å². The molecule has 3 atom stereocenters. The third-order valence-electron chi connectivity index (χ3n) is 7.05. The van der Waals surface area contributed by atoms with Crippen molar-refractivity contribution in [3.8, 4) is 5.75 Å². The molecule has 0 spiro atoms. The summed E-state index contributed by atoms with van der Waals surface area (Å²) in [6, 6.07) is 30.0. The van der Waals surface area contributed by atoms with E-state index < -0.39 is 5.97 Å². The molecule has 0 fully saturated rings. The van der Waals surface area contributed by atoms with Gasteiger partial charge in [0.1, 0.15) is 5.75 Å². The molecule has 6 nitrogen and oxygen atoms in total. The maximum Gasteiger partial charge on any atom is 0.343 e. The maximum absolute atomic E-state index is 12.4. The Hall–Kier alpha value is -4.45. The van der Waals surface area contributed by atoms with Gasteiger partial charge in [-0.25, -0.2) is 4.79 Å². The average molecular weight is 463 g/mol. The van der Waals surface area contributed by atoms with Gasteiger partial charge in [-0.15, -0.1) is 0 Å². The zero-order valence-electron chi connectivity index (χ0n) is 18.8. The number of rotatable bonds is 4. The Morgan fingerprint density at radius 3 is 2.40 bits per heavy atom. The molecule has 0 unspecified atom stereocenters. The molecule has 0 amide bonds. The topological polar surface area (TPSA) is 81.5 Å². The van der Waals surface area contributed by atoms with Crippen LogP contribution in [0.2, 0.25) is 0 Å². The maximum atomic E-state index is 12.4. The lowest BCUT2D eigenvalue weighted by atomic mass is 9.75. The number of nitro groups is 1. The van der Waals surface area contributed by atoms with Crippen molar-refractivity contribution in [1.82, 2.24) is 0 Å². The number of carbonyl (C=O) groups is 1. The fourth-order valence-corrected chi connectivity index (χ4v) is 5.48. The molecule has 4 aromatic rings. The van der Waals surface area contributed by atoms with E-state index in [1.807, 2.05) is 48.5 Å². The van der Waals surface area contributed by atoms with Gasteiger partial charge in [-0.05, 0) is 64.9 Å². The monoisotopic (exact) mass is 462 g/mol. The van der Waals surface area contributed by atoms with Gasteiger partial charge in [-0.2, -0.15) is 0 Å². The molecule has 35 heavy (non-hydrogen) atoms. The summed E-state index contributed by atoms with van der Waals surface area (Å²) >= 11 is 0. The molecule has 1 N–H and O–H groups in total. The molecule has 0 saturated heterocycles. The number of esters is 1. The number of hydrogen-bond acceptors (Lipinski definition) is 5. The molecule has 1 aliphatic heterocycles. The molecule has 6 heteroatoms. The smallest absolute Gasteiger partial charge is 0.343 e. The highest BCUT2D eigenvalue weighted by atomic mass is 16.6. The van der Waals surface area contributed by atoms with Crippen molar-refractivity contribution >= 4 is 17.3 Å². The Balaban J connectivity index is 1.33. The van der Waals surface area contributed by atoms with Crippen LogP contribution in [0.3, 0.4) is 0 Å². The molecular weight excluding hydrogens is 440 g/mol. The second-order valence-electron chi connectivity index (χ2n) is 9.02. The van der Waals surface area contributed by atoms with Gasteiger partial charge in [0.2, 0.25) is 0 Å². The highest BCUT2D eigenvalue weighted by molar-refractivity contribution is 5.90. The SMILES string of the molecule is O=C(Oc1ccc([C@@H]2Nc3ccc([N+](=O)[O-])cc3[C@@H]3c4ccccc4C[C@@H]32)cc1)c1ccccc1. The van der Waals surface area contributed by atoms with Crippen LogP contribution in [-0.4, -0.2) is 10.9 Å². The Labute approximate surface area is 202 Å². The first-order chi connectivity index (χ1) is 17.1. The minimum Gasteiger partial charge on any atom is -0.423 e. The first-order valence-corrected chi connectivity index (χ1v) is 11.6. The van der Waals surface area contributed by atoms with Crippen molar-refractivity contribution < 1.29 is 14.5 Å². The summed E-state index contributed by atoms with van der Waals surface area (Å²) in [5.74, 6) is 0.374. The van der Waals surface area contributed by atoms with Crippen molar-refractivity contribution in [2.75, 3.05) is 5.32 Å². The lowest BCUT2D eigenvalue weighted by molar-refractivity contribution is -0.384. The van der Waals surface area contributed by atoms with Crippen LogP contribution in [0.5, 0.6) is 5.75 Å². The van der Waals surface area contributed by atoms with Gasteiger partial charge in [0.15, 0.2) is 0 Å². The molecule has 0 radical (unpaired) electrons. The van der Waals surface area contributed by atoms with E-state index in [0.717, 1.165) is 23.2 Å². The number of nitro benzene ring substituents is 1. The third-order valence-corrected chi connectivity index (χ3v) is 7.05. The number of carbonyl (C=O) groups excluding carboxylic acids is 1. The van der Waals surface area contributed by atoms with E-state index in [1.54, 1.807) is 36.4 Å². The quantitative estimate of drug-likeness (QED) is 0.167. The van der Waals surface area contributed by atoms with Crippen LogP contribution in [0, 0.1) is 16.0 Å². The van der Waals surface area contributed by atoms with Gasteiger partial charge in [0.25, 0.3) is 5.69 Å². The molecule has 6 rings (SSSR count). The number of nitrogens with zero attached hydrogens (tertiary/aromatic N) is 1. The van der Waals surface area contributed by atoms with Crippen molar-refractivity contribution in [3.05, 3.63) is 135 Å². The van der Waals surface area contributed by atoms with Crippen molar-refractivity contribution in [3.63, 3.8) is 0 Å². The second kappa shape index (κ2) is 8.40. The Kier molecular flexibility index (Phi) is 5.07. The molecule has 0 bridgehead atoms. The van der Waals surface area contributed by atoms with E-state index in [0.29, 0.717) is 11.3 Å². The van der Waals surface area contributed by atoms with Crippen molar-refractivity contribution in [1.29, 1.82) is 0 Å². The first-order valence-electron chi connectivity index (χ1n) is 11.6. The zero-order valence-corrected chi connectivity index (χ0v) is 18.8. The summed E-state index contributed by atoms with van der Waals surface area (Å²) in [5, 5.41) is 15.1. The summed E-state index contributed by atoms with van der Waals surface area (Å²) in [6.07, 6.45) is 0.880. The van der Waals surface area contributed by atoms with Gasteiger partial charge in [-0.3, -0.25) is 10.1 Å². The number of fused-ring (bicyclic) bond motifs is 5. The number of nitrogens with one attached hydrogen (secondary N) is 1. The van der Waals surface area contributed by atoms with Gasteiger partial charge in [0.05, 0.1) is 16.5 Å². The lowest BCUT2D eigenvalue weighted by Crippen LogP contribution is -2.30. The van der Waals surface area contributed by atoms with Crippen LogP contribution in [0.25, 0.3) is 0 Å². The average Bonchev–Trinajstić information content (AvgIpc) is 3.29. The first kappa shape index (κ1) is 21.1. The van der Waals surface area contributed by atoms with E-state index in [1.165, 1.54) is 11.1 Å². The van der Waals surface area contributed by atoms with Gasteiger partial charge < -0.3 is 10.1 Å². The zero-order chi connectivity index (χ0) is 23.9. The van der Waals surface area contributed by atoms with Crippen LogP contribution in [-0.2, 0) is 6.42 Å². The number of non-ortho nitro benzene ring substituents is 1. The number of benzene rings is 4. The number of anilines is 1. The predicted octanol–water partition coefficient (Wildman–Crippen LogP) is 6.29. The van der Waals surface area contributed by atoms with Crippen LogP contribution in [0.1, 0.15) is 44.6 Å².